The monoisotopic (exact) mass is 522 g/mol. The van der Waals surface area contributed by atoms with Crippen LogP contribution in [-0.4, -0.2) is 62.6 Å². The summed E-state index contributed by atoms with van der Waals surface area (Å²) in [5, 5.41) is 1.07. The molecule has 38 heavy (non-hydrogen) atoms. The Bertz CT molecular complexity index is 1360. The predicted molar refractivity (Wildman–Crippen MR) is 147 cm³/mol. The van der Waals surface area contributed by atoms with E-state index >= 15 is 0 Å². The second kappa shape index (κ2) is 10.4. The number of amides is 2. The summed E-state index contributed by atoms with van der Waals surface area (Å²) in [5.41, 5.74) is 3.38. The van der Waals surface area contributed by atoms with E-state index in [9.17, 15) is 14.0 Å². The fraction of sp³-hybridized carbons (Fsp3) is 0.500. The van der Waals surface area contributed by atoms with Crippen molar-refractivity contribution in [1.29, 1.82) is 0 Å². The standard InChI is InChI=1S/C30H39FN4O3/c1-18(2)33(8)28(36)24-14-23(31)9-10-25(24)35-17-22(27-19(3)15-32-16-26(27)35)13-21-11-12-34(20(21)4)29(37)38-30(5,6)7/h9-10,14-18,20-21H,11-13H2,1-8H3. The minimum Gasteiger partial charge on any atom is -0.444 e. The van der Waals surface area contributed by atoms with Crippen molar-refractivity contribution in [1.82, 2.24) is 19.4 Å². The molecule has 0 spiro atoms. The lowest BCUT2D eigenvalue weighted by molar-refractivity contribution is 0.0222. The quantitative estimate of drug-likeness (QED) is 0.404. The summed E-state index contributed by atoms with van der Waals surface area (Å²) < 4.78 is 21.9. The van der Waals surface area contributed by atoms with Gasteiger partial charge in [0.2, 0.25) is 0 Å². The predicted octanol–water partition coefficient (Wildman–Crippen LogP) is 6.14. The molecule has 0 radical (unpaired) electrons. The highest BCUT2D eigenvalue weighted by atomic mass is 19.1. The Labute approximate surface area is 224 Å². The maximum Gasteiger partial charge on any atom is 0.410 e. The number of carbonyl (C=O) groups is 2. The van der Waals surface area contributed by atoms with E-state index in [1.54, 1.807) is 24.2 Å². The molecule has 2 atom stereocenters. The number of benzene rings is 1. The summed E-state index contributed by atoms with van der Waals surface area (Å²) in [4.78, 5) is 34.0. The van der Waals surface area contributed by atoms with Gasteiger partial charge >= 0.3 is 6.09 Å². The van der Waals surface area contributed by atoms with Gasteiger partial charge in [-0.1, -0.05) is 0 Å². The maximum atomic E-state index is 14.4. The van der Waals surface area contributed by atoms with E-state index in [1.807, 2.05) is 63.4 Å². The van der Waals surface area contributed by atoms with Crippen LogP contribution >= 0.6 is 0 Å². The summed E-state index contributed by atoms with van der Waals surface area (Å²) in [5.74, 6) is -0.450. The SMILES string of the molecule is Cc1cncc2c1c(CC1CCN(C(=O)OC(C)(C)C)C1C)cn2-c1ccc(F)cc1C(=O)N(C)C(C)C. The van der Waals surface area contributed by atoms with E-state index in [4.69, 9.17) is 4.74 Å². The lowest BCUT2D eigenvalue weighted by Gasteiger charge is -2.28. The Balaban J connectivity index is 1.73. The minimum absolute atomic E-state index is 0.0213. The van der Waals surface area contributed by atoms with Gasteiger partial charge in [0.15, 0.2) is 0 Å². The van der Waals surface area contributed by atoms with Gasteiger partial charge < -0.3 is 19.1 Å². The largest absolute Gasteiger partial charge is 0.444 e. The van der Waals surface area contributed by atoms with Gasteiger partial charge in [-0.2, -0.15) is 0 Å². The van der Waals surface area contributed by atoms with Crippen molar-refractivity contribution in [2.45, 2.75) is 79.0 Å². The van der Waals surface area contributed by atoms with Gasteiger partial charge in [-0.3, -0.25) is 9.78 Å². The van der Waals surface area contributed by atoms with Crippen molar-refractivity contribution >= 4 is 22.9 Å². The van der Waals surface area contributed by atoms with E-state index in [2.05, 4.69) is 11.9 Å². The minimum atomic E-state index is -0.541. The molecule has 2 aromatic heterocycles. The number of pyridine rings is 1. The molecule has 0 bridgehead atoms. The van der Waals surface area contributed by atoms with Crippen LogP contribution in [0.25, 0.3) is 16.6 Å². The van der Waals surface area contributed by atoms with E-state index in [0.29, 0.717) is 17.8 Å². The summed E-state index contributed by atoms with van der Waals surface area (Å²) >= 11 is 0. The zero-order chi connectivity index (χ0) is 27.9. The molecular formula is C30H39FN4O3. The fourth-order valence-corrected chi connectivity index (χ4v) is 5.25. The van der Waals surface area contributed by atoms with Gasteiger partial charge in [0.25, 0.3) is 5.91 Å². The third kappa shape index (κ3) is 5.40. The second-order valence-electron chi connectivity index (χ2n) is 11.7. The summed E-state index contributed by atoms with van der Waals surface area (Å²) in [6, 6.07) is 4.34. The van der Waals surface area contributed by atoms with E-state index in [1.165, 1.54) is 12.1 Å². The first-order valence-corrected chi connectivity index (χ1v) is 13.3. The summed E-state index contributed by atoms with van der Waals surface area (Å²) in [6.45, 7) is 14.2. The van der Waals surface area contributed by atoms with Crippen molar-refractivity contribution in [3.05, 3.63) is 59.3 Å². The molecule has 8 heteroatoms. The Kier molecular flexibility index (Phi) is 7.55. The number of ether oxygens (including phenoxy) is 1. The van der Waals surface area contributed by atoms with Crippen molar-refractivity contribution in [2.75, 3.05) is 13.6 Å². The molecule has 4 rings (SSSR count). The molecular weight excluding hydrogens is 483 g/mol. The normalized spacial score (nSPS) is 17.9. The first-order valence-electron chi connectivity index (χ1n) is 13.3. The van der Waals surface area contributed by atoms with Crippen LogP contribution in [-0.2, 0) is 11.2 Å². The molecule has 2 unspecified atom stereocenters. The fourth-order valence-electron chi connectivity index (χ4n) is 5.25. The zero-order valence-electron chi connectivity index (χ0n) is 23.7. The maximum absolute atomic E-state index is 14.4. The van der Waals surface area contributed by atoms with Gasteiger partial charge in [-0.05, 0) is 96.6 Å². The van der Waals surface area contributed by atoms with Crippen LogP contribution in [0.5, 0.6) is 0 Å². The van der Waals surface area contributed by atoms with E-state index < -0.39 is 11.4 Å². The number of halogens is 1. The van der Waals surface area contributed by atoms with E-state index in [-0.39, 0.29) is 30.0 Å². The highest BCUT2D eigenvalue weighted by Gasteiger charge is 2.36. The third-order valence-electron chi connectivity index (χ3n) is 7.55. The van der Waals surface area contributed by atoms with Crippen molar-refractivity contribution in [2.24, 2.45) is 5.92 Å². The average molecular weight is 523 g/mol. The van der Waals surface area contributed by atoms with Crippen LogP contribution in [0.1, 0.15) is 69.4 Å². The van der Waals surface area contributed by atoms with Gasteiger partial charge in [0.1, 0.15) is 11.4 Å². The molecule has 2 amide bonds. The number of aryl methyl sites for hydroxylation is 1. The number of rotatable bonds is 5. The molecule has 0 N–H and O–H groups in total. The number of aromatic nitrogens is 2. The first kappa shape index (κ1) is 27.6. The molecule has 1 aliphatic heterocycles. The molecule has 0 aliphatic carbocycles. The molecule has 3 aromatic rings. The zero-order valence-corrected chi connectivity index (χ0v) is 23.7. The van der Waals surface area contributed by atoms with Crippen LogP contribution in [0.3, 0.4) is 0 Å². The van der Waals surface area contributed by atoms with Gasteiger partial charge in [-0.15, -0.1) is 0 Å². The van der Waals surface area contributed by atoms with Crippen LogP contribution in [0.15, 0.2) is 36.8 Å². The lowest BCUT2D eigenvalue weighted by atomic mass is 9.92. The highest BCUT2D eigenvalue weighted by molar-refractivity contribution is 5.99. The molecule has 3 heterocycles. The summed E-state index contributed by atoms with van der Waals surface area (Å²) in [6.07, 6.45) is 7.02. The number of hydrogen-bond donors (Lipinski definition) is 0. The Morgan fingerprint density at radius 3 is 2.61 bits per heavy atom. The second-order valence-corrected chi connectivity index (χ2v) is 11.7. The Hall–Kier alpha value is -3.42. The molecule has 1 aromatic carbocycles. The number of fused-ring (bicyclic) bond motifs is 1. The Morgan fingerprint density at radius 1 is 1.24 bits per heavy atom. The van der Waals surface area contributed by atoms with Gasteiger partial charge in [0.05, 0.1) is 23.0 Å². The molecule has 1 fully saturated rings. The number of carbonyl (C=O) groups excluding carboxylic acids is 2. The molecule has 0 saturated carbocycles. The van der Waals surface area contributed by atoms with Crippen LogP contribution in [0, 0.1) is 18.7 Å². The Morgan fingerprint density at radius 2 is 1.95 bits per heavy atom. The van der Waals surface area contributed by atoms with Gasteiger partial charge in [-0.25, -0.2) is 9.18 Å². The topological polar surface area (TPSA) is 67.7 Å². The van der Waals surface area contributed by atoms with Crippen LogP contribution < -0.4 is 0 Å². The van der Waals surface area contributed by atoms with Crippen molar-refractivity contribution in [3.8, 4) is 5.69 Å². The van der Waals surface area contributed by atoms with E-state index in [0.717, 1.165) is 34.9 Å². The summed E-state index contributed by atoms with van der Waals surface area (Å²) in [7, 11) is 1.73. The van der Waals surface area contributed by atoms with Gasteiger partial charge in [0, 0.05) is 43.5 Å². The molecule has 204 valence electrons. The molecule has 1 aliphatic rings. The lowest BCUT2D eigenvalue weighted by Crippen LogP contribution is -2.40. The number of likely N-dealkylation sites (tertiary alicyclic amines) is 1. The van der Waals surface area contributed by atoms with Crippen LogP contribution in [0.2, 0.25) is 0 Å². The number of nitrogens with zero attached hydrogens (tertiary/aromatic N) is 4. The number of hydrogen-bond acceptors (Lipinski definition) is 4. The molecule has 7 nitrogen and oxygen atoms in total. The highest BCUT2D eigenvalue weighted by Crippen LogP contribution is 2.35. The molecule has 1 saturated heterocycles. The van der Waals surface area contributed by atoms with Crippen LogP contribution in [0.4, 0.5) is 9.18 Å². The van der Waals surface area contributed by atoms with Crippen molar-refractivity contribution < 1.29 is 18.7 Å². The smallest absolute Gasteiger partial charge is 0.410 e. The average Bonchev–Trinajstić information content (AvgIpc) is 3.38. The van der Waals surface area contributed by atoms with Crippen molar-refractivity contribution in [3.63, 3.8) is 0 Å². The first-order chi connectivity index (χ1) is 17.8. The third-order valence-corrected chi connectivity index (χ3v) is 7.55.